The summed E-state index contributed by atoms with van der Waals surface area (Å²) in [6, 6.07) is 1.18. The number of aliphatic hydroxyl groups excluding tert-OH is 1. The maximum atomic E-state index is 13.8. The van der Waals surface area contributed by atoms with Crippen LogP contribution in [-0.2, 0) is 51.0 Å². The number of hydrogen-bond donors (Lipinski definition) is 3. The van der Waals surface area contributed by atoms with Gasteiger partial charge in [0.2, 0.25) is 11.8 Å². The fourth-order valence-electron chi connectivity index (χ4n) is 6.97. The minimum Gasteiger partial charge on any atom is -0.481 e. The number of unbranched alkanes of at least 4 members (excludes halogenated alkanes) is 1. The van der Waals surface area contributed by atoms with Gasteiger partial charge in [0, 0.05) is 50.5 Å². The Hall–Kier alpha value is -4.49. The lowest BCUT2D eigenvalue weighted by atomic mass is 9.80. The molecule has 0 saturated carbocycles. The van der Waals surface area contributed by atoms with Crippen LogP contribution in [0.2, 0.25) is 0 Å². The van der Waals surface area contributed by atoms with E-state index < -0.39 is 53.5 Å². The first-order valence-corrected chi connectivity index (χ1v) is 21.2. The van der Waals surface area contributed by atoms with Crippen LogP contribution in [0.3, 0.4) is 0 Å². The molecule has 0 bridgehead atoms. The van der Waals surface area contributed by atoms with Crippen molar-refractivity contribution in [2.24, 2.45) is 23.7 Å². The van der Waals surface area contributed by atoms with Gasteiger partial charge in [-0.2, -0.15) is 0 Å². The number of carbonyl (C=O) groups excluding carboxylic acids is 4. The zero-order chi connectivity index (χ0) is 45.5. The van der Waals surface area contributed by atoms with Crippen molar-refractivity contribution in [3.63, 3.8) is 0 Å². The Kier molecular flexibility index (Phi) is 23.7. The van der Waals surface area contributed by atoms with Gasteiger partial charge < -0.3 is 53.9 Å². The van der Waals surface area contributed by atoms with Crippen LogP contribution in [0.4, 0.5) is 9.59 Å². The molecule has 3 amide bonds. The molecule has 2 rings (SSSR count). The fourth-order valence-corrected chi connectivity index (χ4v) is 6.97. The first-order valence-electron chi connectivity index (χ1n) is 21.2. The average Bonchev–Trinajstić information content (AvgIpc) is 3.18. The van der Waals surface area contributed by atoms with Gasteiger partial charge in [-0.25, -0.2) is 14.6 Å². The Bertz CT molecular complexity index is 1500. The van der Waals surface area contributed by atoms with E-state index in [0.717, 1.165) is 30.4 Å². The van der Waals surface area contributed by atoms with Crippen molar-refractivity contribution in [1.29, 1.82) is 0 Å². The van der Waals surface area contributed by atoms with Crippen LogP contribution in [0.5, 0.6) is 5.88 Å². The lowest BCUT2D eigenvalue weighted by Gasteiger charge is -2.35. The molecule has 1 aromatic heterocycles. The number of nitrogens with one attached hydrogen (secondary N) is 2. The Morgan fingerprint density at radius 3 is 2.26 bits per heavy atom. The van der Waals surface area contributed by atoms with Crippen LogP contribution < -0.4 is 15.4 Å². The highest BCUT2D eigenvalue weighted by Gasteiger charge is 2.35. The summed E-state index contributed by atoms with van der Waals surface area (Å²) in [6.07, 6.45) is 3.77. The number of piperidine rings is 1. The number of nitrogens with zero attached hydrogens (tertiary/aromatic N) is 3. The zero-order valence-corrected chi connectivity index (χ0v) is 37.6. The van der Waals surface area contributed by atoms with Crippen molar-refractivity contribution in [3.8, 4) is 5.88 Å². The van der Waals surface area contributed by atoms with E-state index in [2.05, 4.69) is 40.4 Å². The third-order valence-electron chi connectivity index (χ3n) is 10.4. The normalized spacial score (nSPS) is 15.4. The number of rotatable bonds is 27. The van der Waals surface area contributed by atoms with Gasteiger partial charge in [-0.05, 0) is 102 Å². The maximum absolute atomic E-state index is 13.8. The van der Waals surface area contributed by atoms with Crippen LogP contribution in [-0.4, -0.2) is 135 Å². The standard InChI is InChI=1S/C42H71N5O14/c1-28(2)32(23-30-22-31(12-10-11-17-55-8)39(56-9)43-26-30)24-35(45-40(51)61-42(5,6)7)36(48)25-34(29(3)4)38(50)44-33-13-15-46(16-14-33)37(49)27-59-41(52)58-20-18-57-19-21-60-47(53)54/h22,26,28-29,32-36,48H,10-21,23-25,27H2,1-9H3,(H,44,50)(H,45,51)/t32-,34-,35-,36-/m0/s1. The Labute approximate surface area is 360 Å². The van der Waals surface area contributed by atoms with Gasteiger partial charge in [0.25, 0.3) is 11.0 Å². The second-order valence-corrected chi connectivity index (χ2v) is 17.0. The Morgan fingerprint density at radius 1 is 0.967 bits per heavy atom. The highest BCUT2D eigenvalue weighted by atomic mass is 17.0. The SMILES string of the molecule is COCCCCc1cc(C[C@@H](C[C@H](NC(=O)OC(C)(C)C)[C@@H](O)C[C@H](C(=O)NC2CCN(C(=O)COC(=O)OCCOCCO[N+](=O)[O-])CC2)C(C)C)C(C)C)cnc1OC. The summed E-state index contributed by atoms with van der Waals surface area (Å²) in [5, 5.41) is 27.1. The largest absolute Gasteiger partial charge is 0.508 e. The third kappa shape index (κ3) is 21.2. The molecule has 61 heavy (non-hydrogen) atoms. The van der Waals surface area contributed by atoms with Gasteiger partial charge in [-0.3, -0.25) is 9.59 Å². The van der Waals surface area contributed by atoms with E-state index in [9.17, 15) is 34.4 Å². The van der Waals surface area contributed by atoms with Crippen molar-refractivity contribution >= 4 is 24.1 Å². The number of aromatic nitrogens is 1. The van der Waals surface area contributed by atoms with Crippen LogP contribution >= 0.6 is 0 Å². The quantitative estimate of drug-likeness (QED) is 0.0472. The first-order chi connectivity index (χ1) is 28.8. The molecule has 2 heterocycles. The maximum Gasteiger partial charge on any atom is 0.508 e. The molecule has 1 aliphatic heterocycles. The lowest BCUT2D eigenvalue weighted by molar-refractivity contribution is -0.758. The molecule has 1 aliphatic rings. The molecule has 1 fully saturated rings. The number of alkyl carbamates (subject to hydrolysis) is 1. The number of aryl methyl sites for hydroxylation is 1. The molecule has 348 valence electrons. The van der Waals surface area contributed by atoms with Crippen LogP contribution in [0.1, 0.15) is 98.1 Å². The molecule has 19 nitrogen and oxygen atoms in total. The van der Waals surface area contributed by atoms with Crippen molar-refractivity contribution in [2.75, 3.05) is 67.0 Å². The molecule has 19 heteroatoms. The van der Waals surface area contributed by atoms with E-state index in [0.29, 0.717) is 51.3 Å². The van der Waals surface area contributed by atoms with E-state index in [4.69, 9.17) is 28.4 Å². The van der Waals surface area contributed by atoms with Gasteiger partial charge in [-0.15, -0.1) is 10.1 Å². The number of amides is 3. The summed E-state index contributed by atoms with van der Waals surface area (Å²) in [5.74, 6) is -0.571. The molecule has 0 aliphatic carbocycles. The van der Waals surface area contributed by atoms with Crippen molar-refractivity contribution in [1.82, 2.24) is 20.5 Å². The molecule has 0 spiro atoms. The molecular weight excluding hydrogens is 798 g/mol. The van der Waals surface area contributed by atoms with Gasteiger partial charge in [0.15, 0.2) is 6.61 Å². The van der Waals surface area contributed by atoms with E-state index >= 15 is 0 Å². The Balaban J connectivity index is 2.03. The van der Waals surface area contributed by atoms with Crippen molar-refractivity contribution in [2.45, 2.75) is 124 Å². The predicted octanol–water partition coefficient (Wildman–Crippen LogP) is 4.67. The van der Waals surface area contributed by atoms with Crippen molar-refractivity contribution < 1.29 is 62.6 Å². The van der Waals surface area contributed by atoms with Gasteiger partial charge in [-0.1, -0.05) is 27.7 Å². The summed E-state index contributed by atoms with van der Waals surface area (Å²) in [5.41, 5.74) is 1.27. The van der Waals surface area contributed by atoms with Gasteiger partial charge >= 0.3 is 12.2 Å². The van der Waals surface area contributed by atoms with E-state index in [1.54, 1.807) is 39.9 Å². The smallest absolute Gasteiger partial charge is 0.481 e. The first kappa shape index (κ1) is 52.6. The molecule has 4 atom stereocenters. The summed E-state index contributed by atoms with van der Waals surface area (Å²) < 4.78 is 31.1. The van der Waals surface area contributed by atoms with Crippen LogP contribution in [0, 0.1) is 33.8 Å². The predicted molar refractivity (Wildman–Crippen MR) is 223 cm³/mol. The zero-order valence-electron chi connectivity index (χ0n) is 37.6. The average molecular weight is 870 g/mol. The summed E-state index contributed by atoms with van der Waals surface area (Å²) in [7, 11) is 3.30. The number of ether oxygens (including phenoxy) is 6. The van der Waals surface area contributed by atoms with Crippen molar-refractivity contribution in [3.05, 3.63) is 33.5 Å². The molecule has 0 radical (unpaired) electrons. The second kappa shape index (κ2) is 27.5. The number of methoxy groups -OCH3 is 2. The van der Waals surface area contributed by atoms with Gasteiger partial charge in [0.1, 0.15) is 18.8 Å². The Morgan fingerprint density at radius 2 is 1.66 bits per heavy atom. The van der Waals surface area contributed by atoms with Crippen LogP contribution in [0.15, 0.2) is 12.3 Å². The third-order valence-corrected chi connectivity index (χ3v) is 10.4. The van der Waals surface area contributed by atoms with E-state index in [1.165, 1.54) is 0 Å². The number of hydrogen-bond acceptors (Lipinski definition) is 15. The summed E-state index contributed by atoms with van der Waals surface area (Å²) in [4.78, 5) is 71.9. The molecule has 0 unspecified atom stereocenters. The number of aliphatic hydroxyl groups is 1. The second-order valence-electron chi connectivity index (χ2n) is 17.0. The van der Waals surface area contributed by atoms with E-state index in [1.807, 2.05) is 20.0 Å². The molecule has 1 saturated heterocycles. The fraction of sp³-hybridized carbons (Fsp3) is 0.786. The van der Waals surface area contributed by atoms with Gasteiger partial charge in [0.05, 0.1) is 32.5 Å². The minimum atomic E-state index is -1.08. The number of likely N-dealkylation sites (tertiary alicyclic amines) is 1. The highest BCUT2D eigenvalue weighted by Crippen LogP contribution is 2.29. The number of carbonyl (C=O) groups is 4. The minimum absolute atomic E-state index is 0.0256. The summed E-state index contributed by atoms with van der Waals surface area (Å²) >= 11 is 0. The molecule has 3 N–H and O–H groups in total. The topological polar surface area (TPSA) is 236 Å². The van der Waals surface area contributed by atoms with Crippen LogP contribution in [0.25, 0.3) is 0 Å². The lowest BCUT2D eigenvalue weighted by Crippen LogP contribution is -2.51. The van der Waals surface area contributed by atoms with E-state index in [-0.39, 0.29) is 62.6 Å². The summed E-state index contributed by atoms with van der Waals surface area (Å²) in [6.45, 7) is 13.6. The highest BCUT2D eigenvalue weighted by molar-refractivity contribution is 5.80. The molecule has 1 aromatic rings. The molecule has 0 aromatic carbocycles. The molecular formula is C42H71N5O14. The monoisotopic (exact) mass is 869 g/mol. The number of pyridine rings is 1.